The van der Waals surface area contributed by atoms with E-state index in [9.17, 15) is 4.39 Å². The molecule has 3 aromatic carbocycles. The van der Waals surface area contributed by atoms with E-state index in [-0.39, 0.29) is 17.0 Å². The van der Waals surface area contributed by atoms with E-state index in [2.05, 4.69) is 13.8 Å². The van der Waals surface area contributed by atoms with E-state index in [0.717, 1.165) is 62.7 Å². The van der Waals surface area contributed by atoms with Gasteiger partial charge >= 0.3 is 0 Å². The molecule has 4 heteroatoms. The Kier molecular flexibility index (Phi) is 13.4. The minimum Gasteiger partial charge on any atom is -0.203 e. The number of hydrogen-bond acceptors (Lipinski definition) is 0. The largest absolute Gasteiger partial charge is 0.203 e. The van der Waals surface area contributed by atoms with E-state index >= 15 is 13.2 Å². The maximum absolute atomic E-state index is 15.5. The zero-order valence-corrected chi connectivity index (χ0v) is 28.9. The van der Waals surface area contributed by atoms with Gasteiger partial charge in [0.2, 0.25) is 0 Å². The van der Waals surface area contributed by atoms with Crippen molar-refractivity contribution >= 4 is 0 Å². The van der Waals surface area contributed by atoms with Gasteiger partial charge in [-0.25, -0.2) is 17.6 Å². The molecule has 0 aromatic heterocycles. The summed E-state index contributed by atoms with van der Waals surface area (Å²) >= 11 is 0. The molecule has 0 heterocycles. The third kappa shape index (κ3) is 9.09. The lowest BCUT2D eigenvalue weighted by molar-refractivity contribution is 0.155. The average molecular weight is 649 g/mol. The summed E-state index contributed by atoms with van der Waals surface area (Å²) in [6.45, 7) is 4.44. The van der Waals surface area contributed by atoms with Crippen LogP contribution in [0.25, 0.3) is 22.3 Å². The number of benzene rings is 3. The molecule has 0 spiro atoms. The Hall–Kier alpha value is -2.62. The van der Waals surface area contributed by atoms with Crippen LogP contribution >= 0.6 is 0 Å². The van der Waals surface area contributed by atoms with Crippen LogP contribution in [0.1, 0.15) is 146 Å². The highest BCUT2D eigenvalue weighted by molar-refractivity contribution is 5.71. The van der Waals surface area contributed by atoms with Crippen LogP contribution in [-0.4, -0.2) is 0 Å². The van der Waals surface area contributed by atoms with Crippen molar-refractivity contribution in [2.75, 3.05) is 0 Å². The van der Waals surface area contributed by atoms with Gasteiger partial charge in [-0.2, -0.15) is 0 Å². The van der Waals surface area contributed by atoms with E-state index in [1.54, 1.807) is 48.5 Å². The second-order valence-electron chi connectivity index (χ2n) is 14.7. The molecule has 0 unspecified atom stereocenters. The maximum atomic E-state index is 15.5. The monoisotopic (exact) mass is 648 g/mol. The van der Waals surface area contributed by atoms with Crippen LogP contribution in [0.5, 0.6) is 0 Å². The highest BCUT2D eigenvalue weighted by atomic mass is 19.2. The van der Waals surface area contributed by atoms with Crippen LogP contribution in [0.3, 0.4) is 0 Å². The van der Waals surface area contributed by atoms with Crippen molar-refractivity contribution in [1.82, 2.24) is 0 Å². The average Bonchev–Trinajstić information content (AvgIpc) is 3.10. The zero-order chi connectivity index (χ0) is 33.2. The molecule has 0 aliphatic heterocycles. The standard InChI is InChI=1S/C43H56F4/c1-3-5-7-8-9-11-13-36-26-27-37(41(45)40(36)44)34-22-24-35(25-23-34)39-29-28-38(42(46)43(39)47)33-20-18-32(19-21-33)31-16-14-30(15-17-31)12-10-6-4-2/h22-33H,3-21H2,1-2H3. The van der Waals surface area contributed by atoms with Gasteiger partial charge in [0.25, 0.3) is 0 Å². The lowest BCUT2D eigenvalue weighted by Crippen LogP contribution is -2.25. The van der Waals surface area contributed by atoms with Crippen molar-refractivity contribution in [1.29, 1.82) is 0 Å². The van der Waals surface area contributed by atoms with Crippen LogP contribution in [-0.2, 0) is 6.42 Å². The molecule has 0 amide bonds. The molecular formula is C43H56F4. The van der Waals surface area contributed by atoms with Gasteiger partial charge in [0, 0.05) is 11.1 Å². The Balaban J connectivity index is 1.17. The van der Waals surface area contributed by atoms with Crippen molar-refractivity contribution < 1.29 is 17.6 Å². The second-order valence-corrected chi connectivity index (χ2v) is 14.7. The normalized spacial score (nSPS) is 21.7. The molecule has 0 saturated heterocycles. The van der Waals surface area contributed by atoms with Crippen molar-refractivity contribution in [2.24, 2.45) is 17.8 Å². The van der Waals surface area contributed by atoms with Gasteiger partial charge in [0.1, 0.15) is 0 Å². The summed E-state index contributed by atoms with van der Waals surface area (Å²) in [5.74, 6) is -0.704. The third-order valence-electron chi connectivity index (χ3n) is 11.6. The molecule has 256 valence electrons. The Bertz CT molecular complexity index is 1390. The number of unbranched alkanes of at least 4 members (excludes halogenated alkanes) is 7. The van der Waals surface area contributed by atoms with Gasteiger partial charge in [0.15, 0.2) is 23.3 Å². The van der Waals surface area contributed by atoms with E-state index in [4.69, 9.17) is 0 Å². The molecule has 2 aliphatic carbocycles. The lowest BCUT2D eigenvalue weighted by Gasteiger charge is -2.38. The minimum absolute atomic E-state index is 0.0597. The quantitative estimate of drug-likeness (QED) is 0.114. The highest BCUT2D eigenvalue weighted by Crippen LogP contribution is 2.45. The van der Waals surface area contributed by atoms with Crippen LogP contribution < -0.4 is 0 Å². The molecule has 3 aromatic rings. The van der Waals surface area contributed by atoms with Crippen molar-refractivity contribution in [3.63, 3.8) is 0 Å². The van der Waals surface area contributed by atoms with Crippen LogP contribution in [0.2, 0.25) is 0 Å². The predicted octanol–water partition coefficient (Wildman–Crippen LogP) is 14.1. The van der Waals surface area contributed by atoms with E-state index in [1.807, 2.05) is 0 Å². The molecule has 2 fully saturated rings. The SMILES string of the molecule is CCCCCCCCc1ccc(-c2ccc(-c3ccc(C4CCC(C5CCC(CCCCC)CC5)CC4)c(F)c3F)cc2)c(F)c1F. The molecular weight excluding hydrogens is 592 g/mol. The first kappa shape index (κ1) is 35.7. The molecule has 47 heavy (non-hydrogen) atoms. The topological polar surface area (TPSA) is 0 Å². The van der Waals surface area contributed by atoms with Gasteiger partial charge in [-0.05, 0) is 97.3 Å². The summed E-state index contributed by atoms with van der Waals surface area (Å²) < 4.78 is 61.1. The second kappa shape index (κ2) is 17.7. The summed E-state index contributed by atoms with van der Waals surface area (Å²) in [5, 5.41) is 0. The maximum Gasteiger partial charge on any atom is 0.166 e. The van der Waals surface area contributed by atoms with Crippen LogP contribution in [0.15, 0.2) is 48.5 Å². The number of halogens is 4. The van der Waals surface area contributed by atoms with Crippen molar-refractivity contribution in [2.45, 2.75) is 142 Å². The van der Waals surface area contributed by atoms with Crippen molar-refractivity contribution in [3.05, 3.63) is 82.9 Å². The van der Waals surface area contributed by atoms with Gasteiger partial charge < -0.3 is 0 Å². The summed E-state index contributed by atoms with van der Waals surface area (Å²) in [4.78, 5) is 0. The fraction of sp³-hybridized carbons (Fsp3) is 0.581. The first-order valence-electron chi connectivity index (χ1n) is 19.0. The fourth-order valence-corrected chi connectivity index (χ4v) is 8.57. The van der Waals surface area contributed by atoms with Gasteiger partial charge in [-0.1, -0.05) is 133 Å². The summed E-state index contributed by atoms with van der Waals surface area (Å²) in [5.41, 5.74) is 2.31. The summed E-state index contributed by atoms with van der Waals surface area (Å²) in [7, 11) is 0. The molecule has 0 radical (unpaired) electrons. The summed E-state index contributed by atoms with van der Waals surface area (Å²) in [6.07, 6.45) is 22.0. The smallest absolute Gasteiger partial charge is 0.166 e. The number of hydrogen-bond donors (Lipinski definition) is 0. The molecule has 0 atom stereocenters. The van der Waals surface area contributed by atoms with Gasteiger partial charge in [-0.15, -0.1) is 0 Å². The van der Waals surface area contributed by atoms with Crippen LogP contribution in [0, 0.1) is 41.0 Å². The summed E-state index contributed by atoms with van der Waals surface area (Å²) in [6, 6.07) is 13.4. The minimum atomic E-state index is -0.854. The fourth-order valence-electron chi connectivity index (χ4n) is 8.57. The van der Waals surface area contributed by atoms with Crippen LogP contribution in [0.4, 0.5) is 17.6 Å². The van der Waals surface area contributed by atoms with E-state index in [1.165, 1.54) is 70.6 Å². The highest BCUT2D eigenvalue weighted by Gasteiger charge is 2.32. The zero-order valence-electron chi connectivity index (χ0n) is 28.9. The number of rotatable bonds is 15. The van der Waals surface area contributed by atoms with Gasteiger partial charge in [-0.3, -0.25) is 0 Å². The Labute approximate surface area is 281 Å². The first-order valence-corrected chi connectivity index (χ1v) is 19.0. The molecule has 0 bridgehead atoms. The third-order valence-corrected chi connectivity index (χ3v) is 11.6. The Morgan fingerprint density at radius 3 is 1.62 bits per heavy atom. The molecule has 0 nitrogen and oxygen atoms in total. The predicted molar refractivity (Wildman–Crippen MR) is 189 cm³/mol. The van der Waals surface area contributed by atoms with E-state index in [0.29, 0.717) is 28.7 Å². The lowest BCUT2D eigenvalue weighted by atomic mass is 9.68. The Morgan fingerprint density at radius 1 is 0.489 bits per heavy atom. The first-order chi connectivity index (χ1) is 22.9. The van der Waals surface area contributed by atoms with Crippen molar-refractivity contribution in [3.8, 4) is 22.3 Å². The Morgan fingerprint density at radius 2 is 1.00 bits per heavy atom. The molecule has 2 aliphatic rings. The number of aryl methyl sites for hydroxylation is 1. The molecule has 5 rings (SSSR count). The van der Waals surface area contributed by atoms with Gasteiger partial charge in [0.05, 0.1) is 0 Å². The van der Waals surface area contributed by atoms with E-state index < -0.39 is 23.3 Å². The molecule has 2 saturated carbocycles. The molecule has 0 N–H and O–H groups in total.